The number of pyridine rings is 1. The fraction of sp³-hybridized carbons (Fsp3) is 0.343. The minimum absolute atomic E-state index is 0.0826. The van der Waals surface area contributed by atoms with E-state index in [4.69, 9.17) is 42.6 Å². The molecule has 2 aromatic heterocycles. The number of aromatic nitrogens is 3. The molecule has 0 unspecified atom stereocenters. The Morgan fingerprint density at radius 2 is 1.27 bits per heavy atom. The summed E-state index contributed by atoms with van der Waals surface area (Å²) in [4.78, 5) is 37.1. The zero-order chi connectivity index (χ0) is 33.6. The zero-order valence-corrected chi connectivity index (χ0v) is 28.3. The molecule has 2 fully saturated rings. The van der Waals surface area contributed by atoms with E-state index >= 15 is 0 Å². The van der Waals surface area contributed by atoms with E-state index in [0.29, 0.717) is 83.5 Å². The molecule has 0 spiro atoms. The third-order valence-corrected chi connectivity index (χ3v) is 9.35. The third kappa shape index (κ3) is 7.55. The second-order valence-electron chi connectivity index (χ2n) is 11.8. The highest BCUT2D eigenvalue weighted by Gasteiger charge is 2.22. The van der Waals surface area contributed by atoms with Gasteiger partial charge in [0.15, 0.2) is 0 Å². The number of amides is 2. The van der Waals surface area contributed by atoms with Crippen molar-refractivity contribution >= 4 is 35.0 Å². The molecular formula is C35H37Cl2N7O4. The zero-order valence-electron chi connectivity index (χ0n) is 26.7. The first-order valence-corrected chi connectivity index (χ1v) is 16.6. The van der Waals surface area contributed by atoms with Gasteiger partial charge >= 0.3 is 0 Å². The largest absolute Gasteiger partial charge is 0.481 e. The van der Waals surface area contributed by atoms with Crippen LogP contribution in [0.15, 0.2) is 54.7 Å². The molecule has 48 heavy (non-hydrogen) atoms. The molecule has 2 aromatic carbocycles. The fourth-order valence-corrected chi connectivity index (χ4v) is 6.67. The summed E-state index contributed by atoms with van der Waals surface area (Å²) in [6, 6.07) is 15.6. The minimum Gasteiger partial charge on any atom is -0.481 e. The molecule has 2 saturated heterocycles. The molecule has 2 amide bonds. The molecule has 2 atom stereocenters. The Balaban J connectivity index is 1.20. The van der Waals surface area contributed by atoms with E-state index in [1.165, 1.54) is 0 Å². The van der Waals surface area contributed by atoms with Gasteiger partial charge in [-0.3, -0.25) is 14.6 Å². The monoisotopic (exact) mass is 689 g/mol. The number of nitrogens with zero attached hydrogens (tertiary/aromatic N) is 3. The average molecular weight is 691 g/mol. The molecule has 0 saturated carbocycles. The second kappa shape index (κ2) is 15.3. The van der Waals surface area contributed by atoms with Gasteiger partial charge in [0.25, 0.3) is 0 Å². The first-order valence-electron chi connectivity index (χ1n) is 15.9. The van der Waals surface area contributed by atoms with Gasteiger partial charge in [-0.1, -0.05) is 65.7 Å². The van der Waals surface area contributed by atoms with Crippen LogP contribution in [0.3, 0.4) is 0 Å². The summed E-state index contributed by atoms with van der Waals surface area (Å²) in [5, 5.41) is 13.6. The summed E-state index contributed by atoms with van der Waals surface area (Å²) in [5.74, 6) is 1.06. The molecule has 2 aliphatic rings. The highest BCUT2D eigenvalue weighted by molar-refractivity contribution is 6.39. The normalized spacial score (nSPS) is 17.3. The summed E-state index contributed by atoms with van der Waals surface area (Å²) in [7, 11) is 3.15. The van der Waals surface area contributed by atoms with Gasteiger partial charge in [-0.2, -0.15) is 0 Å². The quantitative estimate of drug-likeness (QED) is 0.154. The van der Waals surface area contributed by atoms with Gasteiger partial charge in [-0.05, 0) is 18.9 Å². The summed E-state index contributed by atoms with van der Waals surface area (Å²) in [6.07, 6.45) is 4.45. The maximum absolute atomic E-state index is 11.5. The Morgan fingerprint density at radius 3 is 1.83 bits per heavy atom. The molecule has 2 aliphatic heterocycles. The molecular weight excluding hydrogens is 653 g/mol. The standard InChI is InChI=1S/C35H37Cl2N7O4/c1-47-34-20(15-38-16-21-10-13-30(45)41-21)9-12-27(43-34)25-7-3-5-23(32(25)36)24-6-4-8-26(33(24)37)28-19-40-29(35(44-28)48-2)18-39-17-22-11-14-31(46)42-22/h3-9,12,19,21-22,38-39H,10-11,13-18H2,1-2H3,(H,41,45)(H,42,46)/t21-,22-/m0/s1. The van der Waals surface area contributed by atoms with Crippen molar-refractivity contribution < 1.29 is 19.1 Å². The molecule has 6 rings (SSSR count). The van der Waals surface area contributed by atoms with Crippen LogP contribution in [0.1, 0.15) is 36.9 Å². The number of hydrogen-bond acceptors (Lipinski definition) is 9. The van der Waals surface area contributed by atoms with E-state index in [-0.39, 0.29) is 23.9 Å². The number of hydrogen-bond donors (Lipinski definition) is 4. The lowest BCUT2D eigenvalue weighted by Crippen LogP contribution is -2.35. The third-order valence-electron chi connectivity index (χ3n) is 8.54. The highest BCUT2D eigenvalue weighted by atomic mass is 35.5. The van der Waals surface area contributed by atoms with Crippen molar-refractivity contribution in [2.45, 2.75) is 50.9 Å². The predicted octanol–water partition coefficient (Wildman–Crippen LogP) is 4.93. The summed E-state index contributed by atoms with van der Waals surface area (Å²) in [5.41, 5.74) is 5.66. The van der Waals surface area contributed by atoms with Crippen LogP contribution in [-0.4, -0.2) is 66.2 Å². The first kappa shape index (κ1) is 33.6. The number of methoxy groups -OCH3 is 2. The lowest BCUT2D eigenvalue weighted by Gasteiger charge is -2.16. The van der Waals surface area contributed by atoms with Crippen molar-refractivity contribution in [3.8, 4) is 45.4 Å². The molecule has 0 radical (unpaired) electrons. The number of nitrogens with one attached hydrogen (secondary N) is 4. The predicted molar refractivity (Wildman–Crippen MR) is 185 cm³/mol. The van der Waals surface area contributed by atoms with Crippen LogP contribution in [0.5, 0.6) is 11.8 Å². The van der Waals surface area contributed by atoms with Gasteiger partial charge in [0.1, 0.15) is 5.69 Å². The van der Waals surface area contributed by atoms with Gasteiger partial charge in [0.05, 0.1) is 41.8 Å². The van der Waals surface area contributed by atoms with Crippen molar-refractivity contribution in [1.82, 2.24) is 36.2 Å². The van der Waals surface area contributed by atoms with Crippen molar-refractivity contribution in [1.29, 1.82) is 0 Å². The summed E-state index contributed by atoms with van der Waals surface area (Å²) >= 11 is 14.1. The number of carbonyl (C=O) groups is 2. The van der Waals surface area contributed by atoms with Crippen molar-refractivity contribution in [3.63, 3.8) is 0 Å². The van der Waals surface area contributed by atoms with E-state index < -0.39 is 0 Å². The first-order chi connectivity index (χ1) is 23.3. The molecule has 4 aromatic rings. The molecule has 250 valence electrons. The summed E-state index contributed by atoms with van der Waals surface area (Å²) in [6.45, 7) is 2.30. The van der Waals surface area contributed by atoms with E-state index in [1.54, 1.807) is 20.4 Å². The van der Waals surface area contributed by atoms with E-state index in [2.05, 4.69) is 26.3 Å². The molecule has 0 aliphatic carbocycles. The van der Waals surface area contributed by atoms with E-state index in [0.717, 1.165) is 35.1 Å². The minimum atomic E-state index is 0.0826. The number of benzene rings is 2. The van der Waals surface area contributed by atoms with Crippen LogP contribution in [0.25, 0.3) is 33.6 Å². The maximum Gasteiger partial charge on any atom is 0.237 e. The van der Waals surface area contributed by atoms with Gasteiger partial charge in [0.2, 0.25) is 23.6 Å². The maximum atomic E-state index is 11.5. The smallest absolute Gasteiger partial charge is 0.237 e. The SMILES string of the molecule is COc1nc(-c2cccc(-c3cccc(-c4cnc(CNC[C@@H]5CCC(=O)N5)c(OC)n4)c3Cl)c2Cl)ccc1CNC[C@@H]1CCC(=O)N1. The van der Waals surface area contributed by atoms with Gasteiger partial charge < -0.3 is 30.7 Å². The Bertz CT molecular complexity index is 1690. The topological polar surface area (TPSA) is 139 Å². The Labute approximate surface area is 289 Å². The lowest BCUT2D eigenvalue weighted by atomic mass is 9.98. The van der Waals surface area contributed by atoms with Crippen LogP contribution in [-0.2, 0) is 22.7 Å². The molecule has 11 nitrogen and oxygen atoms in total. The molecule has 0 bridgehead atoms. The second-order valence-corrected chi connectivity index (χ2v) is 12.5. The number of carbonyl (C=O) groups excluding carboxylic acids is 2. The van der Waals surface area contributed by atoms with Crippen LogP contribution in [0, 0.1) is 0 Å². The number of ether oxygens (including phenoxy) is 2. The number of rotatable bonds is 13. The summed E-state index contributed by atoms with van der Waals surface area (Å²) < 4.78 is 11.2. The Morgan fingerprint density at radius 1 is 0.729 bits per heavy atom. The number of halogens is 2. The van der Waals surface area contributed by atoms with Gasteiger partial charge in [-0.25, -0.2) is 9.97 Å². The van der Waals surface area contributed by atoms with Crippen LogP contribution in [0.2, 0.25) is 10.0 Å². The molecule has 4 heterocycles. The van der Waals surface area contributed by atoms with Gasteiger partial charge in [-0.15, -0.1) is 0 Å². The van der Waals surface area contributed by atoms with Crippen molar-refractivity contribution in [2.75, 3.05) is 27.3 Å². The highest BCUT2D eigenvalue weighted by Crippen LogP contribution is 2.42. The fourth-order valence-electron chi connectivity index (χ4n) is 6.02. The lowest BCUT2D eigenvalue weighted by molar-refractivity contribution is -0.120. The van der Waals surface area contributed by atoms with E-state index in [1.807, 2.05) is 48.5 Å². The van der Waals surface area contributed by atoms with Gasteiger partial charge in [0, 0.05) is 78.9 Å². The van der Waals surface area contributed by atoms with Crippen LogP contribution >= 0.6 is 23.2 Å². The van der Waals surface area contributed by atoms with Crippen molar-refractivity contribution in [3.05, 3.63) is 76.0 Å². The average Bonchev–Trinajstić information content (AvgIpc) is 3.72. The Kier molecular flexibility index (Phi) is 10.7. The Hall–Kier alpha value is -4.29. The van der Waals surface area contributed by atoms with Crippen LogP contribution < -0.4 is 30.7 Å². The molecule has 4 N–H and O–H groups in total. The molecule has 13 heteroatoms. The van der Waals surface area contributed by atoms with Crippen LogP contribution in [0.4, 0.5) is 0 Å². The van der Waals surface area contributed by atoms with Crippen molar-refractivity contribution in [2.24, 2.45) is 0 Å². The van der Waals surface area contributed by atoms with E-state index in [9.17, 15) is 9.59 Å².